The van der Waals surface area contributed by atoms with Crippen LogP contribution in [0.5, 0.6) is 0 Å². The first-order valence-corrected chi connectivity index (χ1v) is 5.82. The van der Waals surface area contributed by atoms with E-state index in [2.05, 4.69) is 20.3 Å². The molecule has 5 heteroatoms. The van der Waals surface area contributed by atoms with Gasteiger partial charge in [-0.1, -0.05) is 0 Å². The molecule has 0 saturated heterocycles. The van der Waals surface area contributed by atoms with E-state index in [0.29, 0.717) is 6.54 Å². The van der Waals surface area contributed by atoms with Gasteiger partial charge in [-0.15, -0.1) is 0 Å². The SMILES string of the molecule is Cc1cc2[nH]c(C)nc2c(NCc2ccco2)n1. The molecule has 0 radical (unpaired) electrons. The van der Waals surface area contributed by atoms with Crippen LogP contribution < -0.4 is 5.32 Å². The van der Waals surface area contributed by atoms with Crippen molar-refractivity contribution in [2.24, 2.45) is 0 Å². The van der Waals surface area contributed by atoms with E-state index >= 15 is 0 Å². The summed E-state index contributed by atoms with van der Waals surface area (Å²) in [5.74, 6) is 2.54. The van der Waals surface area contributed by atoms with Gasteiger partial charge in [0.1, 0.15) is 17.1 Å². The molecule has 0 unspecified atom stereocenters. The molecule has 0 atom stereocenters. The maximum Gasteiger partial charge on any atom is 0.154 e. The Morgan fingerprint density at radius 3 is 3.00 bits per heavy atom. The minimum absolute atomic E-state index is 0.602. The van der Waals surface area contributed by atoms with Crippen molar-refractivity contribution in [3.05, 3.63) is 41.7 Å². The molecule has 2 N–H and O–H groups in total. The summed E-state index contributed by atoms with van der Waals surface area (Å²) in [5.41, 5.74) is 2.82. The second-order valence-electron chi connectivity index (χ2n) is 4.26. The molecule has 92 valence electrons. The minimum Gasteiger partial charge on any atom is -0.467 e. The zero-order valence-electron chi connectivity index (χ0n) is 10.3. The Bertz CT molecular complexity index is 670. The number of nitrogens with one attached hydrogen (secondary N) is 2. The van der Waals surface area contributed by atoms with Crippen molar-refractivity contribution in [1.82, 2.24) is 15.0 Å². The number of furan rings is 1. The van der Waals surface area contributed by atoms with Gasteiger partial charge in [-0.3, -0.25) is 0 Å². The summed E-state index contributed by atoms with van der Waals surface area (Å²) >= 11 is 0. The predicted molar refractivity (Wildman–Crippen MR) is 69.4 cm³/mol. The Kier molecular flexibility index (Phi) is 2.51. The van der Waals surface area contributed by atoms with Crippen LogP contribution in [-0.4, -0.2) is 15.0 Å². The van der Waals surface area contributed by atoms with Gasteiger partial charge in [-0.2, -0.15) is 0 Å². The number of aryl methyl sites for hydroxylation is 2. The third-order valence-electron chi connectivity index (χ3n) is 2.73. The average Bonchev–Trinajstić information content (AvgIpc) is 2.93. The highest BCUT2D eigenvalue weighted by molar-refractivity contribution is 5.86. The molecule has 0 saturated carbocycles. The summed E-state index contributed by atoms with van der Waals surface area (Å²) in [6.45, 7) is 4.50. The highest BCUT2D eigenvalue weighted by atomic mass is 16.3. The Hall–Kier alpha value is -2.30. The number of nitrogens with zero attached hydrogens (tertiary/aromatic N) is 2. The Balaban J connectivity index is 1.95. The molecule has 0 aliphatic rings. The largest absolute Gasteiger partial charge is 0.467 e. The zero-order chi connectivity index (χ0) is 12.5. The summed E-state index contributed by atoms with van der Waals surface area (Å²) in [5, 5.41) is 3.26. The van der Waals surface area contributed by atoms with E-state index in [4.69, 9.17) is 4.42 Å². The standard InChI is InChI=1S/C13H14N4O/c1-8-6-11-12(17-9(2)16-11)13(15-8)14-7-10-4-3-5-18-10/h3-6H,7H2,1-2H3,(H,14,15)(H,16,17). The van der Waals surface area contributed by atoms with Crippen LogP contribution in [0.1, 0.15) is 17.3 Å². The number of aromatic amines is 1. The zero-order valence-corrected chi connectivity index (χ0v) is 10.3. The number of fused-ring (bicyclic) bond motifs is 1. The number of imidazole rings is 1. The molecule has 0 spiro atoms. The second-order valence-corrected chi connectivity index (χ2v) is 4.26. The fourth-order valence-electron chi connectivity index (χ4n) is 1.97. The topological polar surface area (TPSA) is 66.7 Å². The van der Waals surface area contributed by atoms with E-state index in [1.807, 2.05) is 32.0 Å². The number of pyridine rings is 1. The number of rotatable bonds is 3. The van der Waals surface area contributed by atoms with Crippen LogP contribution in [0.3, 0.4) is 0 Å². The molecule has 18 heavy (non-hydrogen) atoms. The number of hydrogen-bond donors (Lipinski definition) is 2. The molecular formula is C13H14N4O. The minimum atomic E-state index is 0.602. The lowest BCUT2D eigenvalue weighted by Gasteiger charge is -2.05. The van der Waals surface area contributed by atoms with E-state index < -0.39 is 0 Å². The van der Waals surface area contributed by atoms with Crippen molar-refractivity contribution in [3.63, 3.8) is 0 Å². The quantitative estimate of drug-likeness (QED) is 0.741. The summed E-state index contributed by atoms with van der Waals surface area (Å²) in [4.78, 5) is 12.1. The lowest BCUT2D eigenvalue weighted by Crippen LogP contribution is -2.02. The van der Waals surface area contributed by atoms with Gasteiger partial charge in [0.2, 0.25) is 0 Å². The number of H-pyrrole nitrogens is 1. The summed E-state index contributed by atoms with van der Waals surface area (Å²) < 4.78 is 5.28. The predicted octanol–water partition coefficient (Wildman–Crippen LogP) is 2.78. The molecule has 5 nitrogen and oxygen atoms in total. The van der Waals surface area contributed by atoms with Crippen LogP contribution in [0.25, 0.3) is 11.0 Å². The fourth-order valence-corrected chi connectivity index (χ4v) is 1.97. The lowest BCUT2D eigenvalue weighted by atomic mass is 10.3. The van der Waals surface area contributed by atoms with Crippen LogP contribution in [0.4, 0.5) is 5.82 Å². The fraction of sp³-hybridized carbons (Fsp3) is 0.231. The van der Waals surface area contributed by atoms with Gasteiger partial charge in [-0.25, -0.2) is 9.97 Å². The van der Waals surface area contributed by atoms with E-state index in [1.165, 1.54) is 0 Å². The summed E-state index contributed by atoms with van der Waals surface area (Å²) in [6, 6.07) is 5.79. The normalized spacial score (nSPS) is 11.0. The molecule has 3 aromatic rings. The third kappa shape index (κ3) is 1.95. The first kappa shape index (κ1) is 10.8. The monoisotopic (exact) mass is 242 g/mol. The molecular weight excluding hydrogens is 228 g/mol. The van der Waals surface area contributed by atoms with Gasteiger partial charge < -0.3 is 14.7 Å². The first-order valence-electron chi connectivity index (χ1n) is 5.82. The van der Waals surface area contributed by atoms with Gasteiger partial charge >= 0.3 is 0 Å². The van der Waals surface area contributed by atoms with Gasteiger partial charge in [0.15, 0.2) is 5.82 Å². The summed E-state index contributed by atoms with van der Waals surface area (Å²) in [7, 11) is 0. The van der Waals surface area contributed by atoms with Gasteiger partial charge in [-0.05, 0) is 32.0 Å². The number of aromatic nitrogens is 3. The van der Waals surface area contributed by atoms with E-state index in [-0.39, 0.29) is 0 Å². The van der Waals surface area contributed by atoms with Crippen molar-refractivity contribution < 1.29 is 4.42 Å². The van der Waals surface area contributed by atoms with Crippen molar-refractivity contribution in [2.45, 2.75) is 20.4 Å². The highest BCUT2D eigenvalue weighted by Crippen LogP contribution is 2.20. The molecule has 0 aliphatic heterocycles. The van der Waals surface area contributed by atoms with Gasteiger partial charge in [0.05, 0.1) is 18.3 Å². The molecule has 3 rings (SSSR count). The number of hydrogen-bond acceptors (Lipinski definition) is 4. The molecule has 0 bridgehead atoms. The maximum atomic E-state index is 5.28. The van der Waals surface area contributed by atoms with Crippen molar-refractivity contribution >= 4 is 16.9 Å². The Morgan fingerprint density at radius 2 is 2.22 bits per heavy atom. The molecule has 3 heterocycles. The van der Waals surface area contributed by atoms with E-state index in [9.17, 15) is 0 Å². The molecule has 0 fully saturated rings. The van der Waals surface area contributed by atoms with Gasteiger partial charge in [0.25, 0.3) is 0 Å². The first-order chi connectivity index (χ1) is 8.72. The lowest BCUT2D eigenvalue weighted by molar-refractivity contribution is 0.518. The van der Waals surface area contributed by atoms with E-state index in [1.54, 1.807) is 6.26 Å². The molecule has 0 aliphatic carbocycles. The molecule has 3 aromatic heterocycles. The average molecular weight is 242 g/mol. The molecule has 0 amide bonds. The Morgan fingerprint density at radius 1 is 1.33 bits per heavy atom. The second kappa shape index (κ2) is 4.18. The van der Waals surface area contributed by atoms with Crippen LogP contribution in [0.2, 0.25) is 0 Å². The van der Waals surface area contributed by atoms with Crippen molar-refractivity contribution in [3.8, 4) is 0 Å². The third-order valence-corrected chi connectivity index (χ3v) is 2.73. The maximum absolute atomic E-state index is 5.28. The highest BCUT2D eigenvalue weighted by Gasteiger charge is 2.08. The summed E-state index contributed by atoms with van der Waals surface area (Å²) in [6.07, 6.45) is 1.66. The van der Waals surface area contributed by atoms with E-state index in [0.717, 1.165) is 34.1 Å². The van der Waals surface area contributed by atoms with Crippen LogP contribution >= 0.6 is 0 Å². The van der Waals surface area contributed by atoms with Crippen molar-refractivity contribution in [2.75, 3.05) is 5.32 Å². The van der Waals surface area contributed by atoms with Crippen molar-refractivity contribution in [1.29, 1.82) is 0 Å². The van der Waals surface area contributed by atoms with Crippen LogP contribution in [-0.2, 0) is 6.54 Å². The molecule has 0 aromatic carbocycles. The van der Waals surface area contributed by atoms with Crippen LogP contribution in [0, 0.1) is 13.8 Å². The smallest absolute Gasteiger partial charge is 0.154 e. The number of anilines is 1. The van der Waals surface area contributed by atoms with Gasteiger partial charge in [0, 0.05) is 5.69 Å². The Labute approximate surface area is 104 Å². The van der Waals surface area contributed by atoms with Crippen LogP contribution in [0.15, 0.2) is 28.9 Å².